The summed E-state index contributed by atoms with van der Waals surface area (Å²) in [5.41, 5.74) is -0.111. The topological polar surface area (TPSA) is 94.6 Å². The van der Waals surface area contributed by atoms with Gasteiger partial charge in [0, 0.05) is 12.6 Å². The molecule has 0 amide bonds. The predicted octanol–water partition coefficient (Wildman–Crippen LogP) is 2.29. The molecule has 2 aromatic rings. The number of nitrogens with zero attached hydrogens (tertiary/aromatic N) is 2. The zero-order chi connectivity index (χ0) is 15.6. The van der Waals surface area contributed by atoms with Gasteiger partial charge in [-0.3, -0.25) is 10.1 Å². The van der Waals surface area contributed by atoms with Gasteiger partial charge < -0.3 is 14.4 Å². The predicted molar refractivity (Wildman–Crippen MR) is 70.1 cm³/mol. The van der Waals surface area contributed by atoms with E-state index in [1.807, 2.05) is 0 Å². The minimum Gasteiger partial charge on any atom is -0.494 e. The van der Waals surface area contributed by atoms with Gasteiger partial charge >= 0.3 is 5.97 Å². The molecular weight excluding hydrogens is 283 g/mol. The SMILES string of the molecule is COc1ccc(Cn2cc([N+](=O)[O-])cc2C(=O)O)cc1F. The molecule has 0 saturated carbocycles. The van der Waals surface area contributed by atoms with Crippen LogP contribution in [0.3, 0.4) is 0 Å². The highest BCUT2D eigenvalue weighted by Gasteiger charge is 2.19. The molecule has 0 aliphatic rings. The van der Waals surface area contributed by atoms with Crippen LogP contribution in [-0.4, -0.2) is 27.7 Å². The lowest BCUT2D eigenvalue weighted by Crippen LogP contribution is -2.08. The average molecular weight is 294 g/mol. The number of aromatic nitrogens is 1. The second kappa shape index (κ2) is 5.61. The van der Waals surface area contributed by atoms with Crippen LogP contribution in [0.25, 0.3) is 0 Å². The van der Waals surface area contributed by atoms with Gasteiger partial charge in [0.25, 0.3) is 5.69 Å². The summed E-state index contributed by atoms with van der Waals surface area (Å²) in [6.45, 7) is -0.00358. The van der Waals surface area contributed by atoms with Crippen LogP contribution in [-0.2, 0) is 6.54 Å². The summed E-state index contributed by atoms with van der Waals surface area (Å²) in [5.74, 6) is -1.82. The van der Waals surface area contributed by atoms with Gasteiger partial charge in [-0.25, -0.2) is 9.18 Å². The van der Waals surface area contributed by atoms with Crippen LogP contribution in [0.4, 0.5) is 10.1 Å². The summed E-state index contributed by atoms with van der Waals surface area (Å²) < 4.78 is 19.6. The molecule has 0 fully saturated rings. The van der Waals surface area contributed by atoms with Crippen LogP contribution in [0.1, 0.15) is 16.1 Å². The van der Waals surface area contributed by atoms with Crippen molar-refractivity contribution in [2.75, 3.05) is 7.11 Å². The third-order valence-corrected chi connectivity index (χ3v) is 2.88. The Morgan fingerprint density at radius 2 is 2.19 bits per heavy atom. The molecule has 1 heterocycles. The average Bonchev–Trinajstić information content (AvgIpc) is 2.83. The van der Waals surface area contributed by atoms with E-state index in [1.54, 1.807) is 6.07 Å². The Morgan fingerprint density at radius 1 is 1.48 bits per heavy atom. The Kier molecular flexibility index (Phi) is 3.88. The molecule has 0 radical (unpaired) electrons. The molecule has 0 saturated heterocycles. The fraction of sp³-hybridized carbons (Fsp3) is 0.154. The molecule has 7 nitrogen and oxygen atoms in total. The van der Waals surface area contributed by atoms with Gasteiger partial charge in [0.15, 0.2) is 11.6 Å². The number of ether oxygens (including phenoxy) is 1. The molecule has 8 heteroatoms. The highest BCUT2D eigenvalue weighted by Crippen LogP contribution is 2.21. The lowest BCUT2D eigenvalue weighted by atomic mass is 10.2. The Balaban J connectivity index is 2.36. The van der Waals surface area contributed by atoms with Gasteiger partial charge in [-0.1, -0.05) is 6.07 Å². The molecule has 0 bridgehead atoms. The Labute approximate surface area is 118 Å². The van der Waals surface area contributed by atoms with Gasteiger partial charge in [0.2, 0.25) is 0 Å². The van der Waals surface area contributed by atoms with Crippen LogP contribution in [0.5, 0.6) is 5.75 Å². The van der Waals surface area contributed by atoms with Gasteiger partial charge in [0.05, 0.1) is 18.2 Å². The van der Waals surface area contributed by atoms with Crippen molar-refractivity contribution in [1.82, 2.24) is 4.57 Å². The first-order valence-electron chi connectivity index (χ1n) is 5.82. The molecule has 1 aromatic carbocycles. The second-order valence-corrected chi connectivity index (χ2v) is 4.24. The van der Waals surface area contributed by atoms with E-state index in [0.29, 0.717) is 5.56 Å². The van der Waals surface area contributed by atoms with E-state index in [-0.39, 0.29) is 23.7 Å². The highest BCUT2D eigenvalue weighted by molar-refractivity contribution is 5.87. The van der Waals surface area contributed by atoms with E-state index in [1.165, 1.54) is 23.8 Å². The van der Waals surface area contributed by atoms with Crippen molar-refractivity contribution < 1.29 is 24.0 Å². The number of methoxy groups -OCH3 is 1. The maximum Gasteiger partial charge on any atom is 0.352 e. The van der Waals surface area contributed by atoms with Gasteiger partial charge in [0.1, 0.15) is 5.69 Å². The van der Waals surface area contributed by atoms with Crippen molar-refractivity contribution >= 4 is 11.7 Å². The Hall–Kier alpha value is -2.90. The van der Waals surface area contributed by atoms with Crippen LogP contribution in [0.15, 0.2) is 30.5 Å². The zero-order valence-electron chi connectivity index (χ0n) is 10.9. The Morgan fingerprint density at radius 3 is 2.71 bits per heavy atom. The number of carboxylic acid groups (broad SMARTS) is 1. The van der Waals surface area contributed by atoms with Crippen LogP contribution < -0.4 is 4.74 Å². The molecule has 2 rings (SSSR count). The number of hydrogen-bond donors (Lipinski definition) is 1. The molecule has 0 aliphatic heterocycles. The first-order chi connectivity index (χ1) is 9.92. The number of benzene rings is 1. The van der Waals surface area contributed by atoms with Crippen molar-refractivity contribution in [3.8, 4) is 5.75 Å². The maximum atomic E-state index is 13.6. The molecule has 1 aromatic heterocycles. The number of carboxylic acids is 1. The third kappa shape index (κ3) is 2.99. The quantitative estimate of drug-likeness (QED) is 0.674. The molecule has 0 aliphatic carbocycles. The normalized spacial score (nSPS) is 10.4. The van der Waals surface area contributed by atoms with E-state index in [4.69, 9.17) is 9.84 Å². The van der Waals surface area contributed by atoms with E-state index >= 15 is 0 Å². The van der Waals surface area contributed by atoms with Crippen LogP contribution in [0.2, 0.25) is 0 Å². The monoisotopic (exact) mass is 294 g/mol. The van der Waals surface area contributed by atoms with Gasteiger partial charge in [-0.2, -0.15) is 0 Å². The number of aromatic carboxylic acids is 1. The largest absolute Gasteiger partial charge is 0.494 e. The minimum atomic E-state index is -1.29. The summed E-state index contributed by atoms with van der Waals surface area (Å²) in [6.07, 6.45) is 1.10. The van der Waals surface area contributed by atoms with Gasteiger partial charge in [-0.05, 0) is 17.7 Å². The van der Waals surface area contributed by atoms with E-state index in [2.05, 4.69) is 0 Å². The highest BCUT2D eigenvalue weighted by atomic mass is 19.1. The smallest absolute Gasteiger partial charge is 0.352 e. The lowest BCUT2D eigenvalue weighted by Gasteiger charge is -2.07. The van der Waals surface area contributed by atoms with Crippen molar-refractivity contribution in [2.45, 2.75) is 6.54 Å². The zero-order valence-corrected chi connectivity index (χ0v) is 10.9. The molecular formula is C13H11FN2O5. The summed E-state index contributed by atoms with van der Waals surface area (Å²) in [6, 6.07) is 5.11. The summed E-state index contributed by atoms with van der Waals surface area (Å²) in [4.78, 5) is 21.1. The van der Waals surface area contributed by atoms with Gasteiger partial charge in [-0.15, -0.1) is 0 Å². The minimum absolute atomic E-state index is 0.00358. The lowest BCUT2D eigenvalue weighted by molar-refractivity contribution is -0.384. The van der Waals surface area contributed by atoms with Crippen molar-refractivity contribution in [3.05, 3.63) is 57.7 Å². The molecule has 0 atom stereocenters. The first kappa shape index (κ1) is 14.5. The van der Waals surface area contributed by atoms with E-state index in [0.717, 1.165) is 12.3 Å². The fourth-order valence-electron chi connectivity index (χ4n) is 1.91. The van der Waals surface area contributed by atoms with Crippen molar-refractivity contribution in [3.63, 3.8) is 0 Å². The first-order valence-corrected chi connectivity index (χ1v) is 5.82. The third-order valence-electron chi connectivity index (χ3n) is 2.88. The summed E-state index contributed by atoms with van der Waals surface area (Å²) >= 11 is 0. The van der Waals surface area contributed by atoms with Crippen LogP contribution in [0, 0.1) is 15.9 Å². The molecule has 21 heavy (non-hydrogen) atoms. The number of hydrogen-bond acceptors (Lipinski definition) is 4. The van der Waals surface area contributed by atoms with Crippen molar-refractivity contribution in [1.29, 1.82) is 0 Å². The standard InChI is InChI=1S/C13H11FN2O5/c1-21-12-3-2-8(4-10(12)14)6-15-7-9(16(19)20)5-11(15)13(17)18/h2-5,7H,6H2,1H3,(H,17,18). The number of rotatable bonds is 5. The number of halogens is 1. The summed E-state index contributed by atoms with van der Waals surface area (Å²) in [7, 11) is 1.33. The molecule has 1 N–H and O–H groups in total. The summed E-state index contributed by atoms with van der Waals surface area (Å²) in [5, 5.41) is 19.7. The van der Waals surface area contributed by atoms with Crippen LogP contribution >= 0.6 is 0 Å². The second-order valence-electron chi connectivity index (χ2n) is 4.24. The van der Waals surface area contributed by atoms with E-state index < -0.39 is 16.7 Å². The maximum absolute atomic E-state index is 13.6. The molecule has 0 spiro atoms. The van der Waals surface area contributed by atoms with E-state index in [9.17, 15) is 19.3 Å². The Bertz CT molecular complexity index is 711. The fourth-order valence-corrected chi connectivity index (χ4v) is 1.91. The molecule has 0 unspecified atom stereocenters. The number of nitro groups is 1. The number of carbonyl (C=O) groups is 1. The van der Waals surface area contributed by atoms with Crippen molar-refractivity contribution in [2.24, 2.45) is 0 Å². The molecule has 110 valence electrons.